The highest BCUT2D eigenvalue weighted by Crippen LogP contribution is 2.43. The number of unbranched alkanes of at least 4 members (excludes halogenated alkanes) is 16. The lowest BCUT2D eigenvalue weighted by molar-refractivity contribution is -0.870. The van der Waals surface area contributed by atoms with Crippen LogP contribution < -0.4 is 0 Å². The number of quaternary nitrogens is 1. The van der Waals surface area contributed by atoms with E-state index in [9.17, 15) is 14.3 Å². The first-order valence-corrected chi connectivity index (χ1v) is 17.2. The SMILES string of the molecule is CCCCCCCCCCCCCCCCOC[C@@H](COP(=O)(O)OCCCCCC[N+](C)(C)C)OC(C)=O. The van der Waals surface area contributed by atoms with Crippen LogP contribution in [0.15, 0.2) is 0 Å². The van der Waals surface area contributed by atoms with Gasteiger partial charge in [-0.3, -0.25) is 13.8 Å². The normalized spacial score (nSPS) is 14.3. The van der Waals surface area contributed by atoms with Crippen molar-refractivity contribution in [3.63, 3.8) is 0 Å². The third kappa shape index (κ3) is 30.3. The van der Waals surface area contributed by atoms with Gasteiger partial charge in [0.15, 0.2) is 0 Å². The molecular weight excluding hydrogens is 517 g/mol. The maximum absolute atomic E-state index is 12.2. The lowest BCUT2D eigenvalue weighted by Gasteiger charge is -2.23. The third-order valence-corrected chi connectivity index (χ3v) is 7.66. The van der Waals surface area contributed by atoms with E-state index >= 15 is 0 Å². The van der Waals surface area contributed by atoms with Gasteiger partial charge in [-0.25, -0.2) is 4.57 Å². The Morgan fingerprint density at radius 2 is 1.15 bits per heavy atom. The zero-order valence-corrected chi connectivity index (χ0v) is 27.0. The molecule has 234 valence electrons. The van der Waals surface area contributed by atoms with E-state index in [0.717, 1.165) is 43.1 Å². The Kier molecular flexibility index (Phi) is 24.9. The quantitative estimate of drug-likeness (QED) is 0.0417. The number of hydrogen-bond acceptors (Lipinski definition) is 6. The van der Waals surface area contributed by atoms with E-state index in [-0.39, 0.29) is 19.8 Å². The number of phosphoric ester groups is 1. The largest absolute Gasteiger partial charge is 0.472 e. The fourth-order valence-corrected chi connectivity index (χ4v) is 5.19. The third-order valence-electron chi connectivity index (χ3n) is 6.68. The second kappa shape index (κ2) is 25.2. The molecule has 39 heavy (non-hydrogen) atoms. The summed E-state index contributed by atoms with van der Waals surface area (Å²) in [6, 6.07) is 0. The second-order valence-electron chi connectivity index (χ2n) is 11.9. The molecule has 0 aromatic heterocycles. The van der Waals surface area contributed by atoms with Gasteiger partial charge in [-0.15, -0.1) is 0 Å². The van der Waals surface area contributed by atoms with Gasteiger partial charge >= 0.3 is 13.8 Å². The Morgan fingerprint density at radius 1 is 0.692 bits per heavy atom. The highest BCUT2D eigenvalue weighted by atomic mass is 31.2. The predicted molar refractivity (Wildman–Crippen MR) is 160 cm³/mol. The van der Waals surface area contributed by atoms with Gasteiger partial charge in [-0.1, -0.05) is 96.8 Å². The molecule has 9 heteroatoms. The topological polar surface area (TPSA) is 91.3 Å². The van der Waals surface area contributed by atoms with E-state index in [1.165, 1.54) is 84.0 Å². The van der Waals surface area contributed by atoms with Crippen molar-refractivity contribution < 1.29 is 37.3 Å². The summed E-state index contributed by atoms with van der Waals surface area (Å²) >= 11 is 0. The van der Waals surface area contributed by atoms with Gasteiger partial charge in [0.2, 0.25) is 0 Å². The molecule has 0 spiro atoms. The van der Waals surface area contributed by atoms with E-state index in [1.807, 2.05) is 0 Å². The number of nitrogens with zero attached hydrogens (tertiary/aromatic N) is 1. The molecule has 0 saturated carbocycles. The van der Waals surface area contributed by atoms with E-state index in [2.05, 4.69) is 28.1 Å². The zero-order chi connectivity index (χ0) is 29.2. The zero-order valence-electron chi connectivity index (χ0n) is 26.1. The second-order valence-corrected chi connectivity index (χ2v) is 13.4. The Bertz CT molecular complexity index is 613. The maximum atomic E-state index is 12.2. The number of esters is 1. The van der Waals surface area contributed by atoms with Crippen molar-refractivity contribution in [1.29, 1.82) is 0 Å². The summed E-state index contributed by atoms with van der Waals surface area (Å²) < 4.78 is 34.1. The summed E-state index contributed by atoms with van der Waals surface area (Å²) in [5.74, 6) is -0.480. The van der Waals surface area contributed by atoms with Crippen LogP contribution in [0.5, 0.6) is 0 Å². The molecule has 0 bridgehead atoms. The molecule has 8 nitrogen and oxygen atoms in total. The maximum Gasteiger partial charge on any atom is 0.472 e. The number of carbonyl (C=O) groups excluding carboxylic acids is 1. The fourth-order valence-electron chi connectivity index (χ4n) is 4.40. The van der Waals surface area contributed by atoms with Gasteiger partial charge in [0, 0.05) is 13.5 Å². The summed E-state index contributed by atoms with van der Waals surface area (Å²) in [5, 5.41) is 0. The standard InChI is InChI=1S/C30H62NO7P/c1-6-7-8-9-10-11-12-13-14-15-16-17-19-22-25-35-27-30(38-29(2)32)28-37-39(33,34)36-26-23-20-18-21-24-31(3,4)5/h30H,6-28H2,1-5H3/p+1/t30-/m0/s1. The van der Waals surface area contributed by atoms with Crippen molar-refractivity contribution >= 4 is 13.8 Å². The first-order valence-electron chi connectivity index (χ1n) is 15.7. The smallest absolute Gasteiger partial charge is 0.458 e. The van der Waals surface area contributed by atoms with Crippen LogP contribution in [0.1, 0.15) is 129 Å². The molecule has 0 aromatic rings. The average Bonchev–Trinajstić information content (AvgIpc) is 2.85. The van der Waals surface area contributed by atoms with Gasteiger partial charge in [0.25, 0.3) is 0 Å². The highest BCUT2D eigenvalue weighted by Gasteiger charge is 2.24. The van der Waals surface area contributed by atoms with Crippen molar-refractivity contribution in [1.82, 2.24) is 0 Å². The van der Waals surface area contributed by atoms with Crippen molar-refractivity contribution in [2.24, 2.45) is 0 Å². The Morgan fingerprint density at radius 3 is 1.64 bits per heavy atom. The minimum absolute atomic E-state index is 0.129. The van der Waals surface area contributed by atoms with Crippen LogP contribution in [0.2, 0.25) is 0 Å². The summed E-state index contributed by atoms with van der Waals surface area (Å²) in [5.41, 5.74) is 0. The van der Waals surface area contributed by atoms with Crippen LogP contribution in [0.4, 0.5) is 0 Å². The van der Waals surface area contributed by atoms with Crippen molar-refractivity contribution in [2.75, 3.05) is 54.1 Å². The first kappa shape index (κ1) is 38.5. The molecule has 0 aliphatic carbocycles. The first-order chi connectivity index (χ1) is 18.6. The van der Waals surface area contributed by atoms with Gasteiger partial charge in [0.1, 0.15) is 6.10 Å². The molecule has 0 radical (unpaired) electrons. The predicted octanol–water partition coefficient (Wildman–Crippen LogP) is 7.82. The average molecular weight is 581 g/mol. The monoisotopic (exact) mass is 580 g/mol. The van der Waals surface area contributed by atoms with Gasteiger partial charge < -0.3 is 18.9 Å². The van der Waals surface area contributed by atoms with Crippen LogP contribution in [0, 0.1) is 0 Å². The Labute approximate surface area is 240 Å². The van der Waals surface area contributed by atoms with E-state index in [0.29, 0.717) is 13.0 Å². The number of hydrogen-bond donors (Lipinski definition) is 1. The molecule has 0 rings (SSSR count). The number of phosphoric acid groups is 1. The summed E-state index contributed by atoms with van der Waals surface area (Å²) in [4.78, 5) is 21.4. The molecule has 0 aliphatic heterocycles. The van der Waals surface area contributed by atoms with Crippen LogP contribution in [0.3, 0.4) is 0 Å². The lowest BCUT2D eigenvalue weighted by Crippen LogP contribution is -2.35. The number of ether oxygens (including phenoxy) is 2. The van der Waals surface area contributed by atoms with Crippen LogP contribution in [0.25, 0.3) is 0 Å². The molecule has 0 aliphatic rings. The molecule has 2 atom stereocenters. The number of carbonyl (C=O) groups is 1. The van der Waals surface area contributed by atoms with Crippen molar-refractivity contribution in [3.8, 4) is 0 Å². The van der Waals surface area contributed by atoms with Gasteiger partial charge in [-0.05, 0) is 25.7 Å². The Balaban J connectivity index is 3.80. The Hall–Kier alpha value is -0.500. The molecular formula is C30H63NO7P+. The summed E-state index contributed by atoms with van der Waals surface area (Å²) in [6.07, 6.45) is 21.3. The van der Waals surface area contributed by atoms with Gasteiger partial charge in [0.05, 0.1) is 47.5 Å². The van der Waals surface area contributed by atoms with Crippen LogP contribution in [-0.4, -0.2) is 75.6 Å². The van der Waals surface area contributed by atoms with Crippen LogP contribution in [-0.2, 0) is 27.9 Å². The molecule has 0 heterocycles. The van der Waals surface area contributed by atoms with Crippen LogP contribution >= 0.6 is 7.82 Å². The molecule has 0 saturated heterocycles. The lowest BCUT2D eigenvalue weighted by atomic mass is 10.0. The molecule has 0 fully saturated rings. The number of rotatable bonds is 29. The summed E-state index contributed by atoms with van der Waals surface area (Å²) in [7, 11) is 2.29. The van der Waals surface area contributed by atoms with Crippen molar-refractivity contribution in [3.05, 3.63) is 0 Å². The van der Waals surface area contributed by atoms with Gasteiger partial charge in [-0.2, -0.15) is 0 Å². The van der Waals surface area contributed by atoms with E-state index < -0.39 is 19.9 Å². The molecule has 0 aromatic carbocycles. The molecule has 1 unspecified atom stereocenters. The van der Waals surface area contributed by atoms with E-state index in [1.54, 1.807) is 0 Å². The van der Waals surface area contributed by atoms with E-state index in [4.69, 9.17) is 18.5 Å². The molecule has 1 N–H and O–H groups in total. The fraction of sp³-hybridized carbons (Fsp3) is 0.967. The molecule has 0 amide bonds. The van der Waals surface area contributed by atoms with Crippen molar-refractivity contribution in [2.45, 2.75) is 136 Å². The summed E-state index contributed by atoms with van der Waals surface area (Å²) in [6.45, 7) is 5.28. The minimum atomic E-state index is -4.20. The highest BCUT2D eigenvalue weighted by molar-refractivity contribution is 7.47. The minimum Gasteiger partial charge on any atom is -0.458 e.